The monoisotopic (exact) mass is 490 g/mol. The Morgan fingerprint density at radius 2 is 1.63 bits per heavy atom. The molecular formula is C27H23ClN2O5. The van der Waals surface area contributed by atoms with Gasteiger partial charge in [-0.05, 0) is 54.9 Å². The lowest BCUT2D eigenvalue weighted by Crippen LogP contribution is -2.39. The van der Waals surface area contributed by atoms with E-state index in [4.69, 9.17) is 16.3 Å². The van der Waals surface area contributed by atoms with Crippen molar-refractivity contribution in [3.63, 3.8) is 0 Å². The fourth-order valence-electron chi connectivity index (χ4n) is 3.82. The Hall–Kier alpha value is -3.81. The van der Waals surface area contributed by atoms with Crippen LogP contribution in [0, 0.1) is 0 Å². The van der Waals surface area contributed by atoms with E-state index in [9.17, 15) is 19.2 Å². The lowest BCUT2D eigenvalue weighted by Gasteiger charge is -2.16. The summed E-state index contributed by atoms with van der Waals surface area (Å²) < 4.78 is 5.10. The molecule has 1 unspecified atom stereocenters. The van der Waals surface area contributed by atoms with Gasteiger partial charge in [0.1, 0.15) is 0 Å². The predicted molar refractivity (Wildman–Crippen MR) is 132 cm³/mol. The highest BCUT2D eigenvalue weighted by atomic mass is 35.5. The summed E-state index contributed by atoms with van der Waals surface area (Å²) in [6.45, 7) is 0.114. The van der Waals surface area contributed by atoms with Crippen molar-refractivity contribution in [2.75, 3.05) is 18.1 Å². The minimum Gasteiger partial charge on any atom is -0.454 e. The molecule has 1 atom stereocenters. The number of carbonyl (C=O) groups excluding carboxylic acids is 4. The van der Waals surface area contributed by atoms with Crippen LogP contribution in [0.3, 0.4) is 0 Å². The van der Waals surface area contributed by atoms with Gasteiger partial charge in [0.05, 0.1) is 28.7 Å². The number of benzene rings is 3. The lowest BCUT2D eigenvalue weighted by atomic mass is 10.1. The van der Waals surface area contributed by atoms with E-state index in [1.54, 1.807) is 24.3 Å². The maximum Gasteiger partial charge on any atom is 0.338 e. The largest absolute Gasteiger partial charge is 0.454 e. The fraction of sp³-hybridized carbons (Fsp3) is 0.185. The SMILES string of the molecule is O=C(OCC(=O)c1ccccc1Cl)c1ccc(N2C(=O)CC(NCCc3ccccc3)C2=O)cc1. The maximum atomic E-state index is 12.8. The standard InChI is InChI=1S/C27H23ClN2O5/c28-22-9-5-4-8-21(22)24(31)17-35-27(34)19-10-12-20(13-11-19)30-25(32)16-23(26(30)33)29-15-14-18-6-2-1-3-7-18/h1-13,23,29H,14-17H2. The number of amides is 2. The summed E-state index contributed by atoms with van der Waals surface area (Å²) in [4.78, 5) is 51.0. The number of halogens is 1. The predicted octanol–water partition coefficient (Wildman–Crippen LogP) is 3.84. The Kier molecular flexibility index (Phi) is 7.70. The van der Waals surface area contributed by atoms with Crippen LogP contribution in [0.5, 0.6) is 0 Å². The van der Waals surface area contributed by atoms with Gasteiger partial charge in [0.15, 0.2) is 6.61 Å². The third-order valence-electron chi connectivity index (χ3n) is 5.66. The minimum absolute atomic E-state index is 0.0710. The zero-order chi connectivity index (χ0) is 24.8. The maximum absolute atomic E-state index is 12.8. The number of Topliss-reactive ketones (excluding diaryl/α,β-unsaturated/α-hetero) is 1. The number of imide groups is 1. The lowest BCUT2D eigenvalue weighted by molar-refractivity contribution is -0.121. The van der Waals surface area contributed by atoms with E-state index in [1.807, 2.05) is 30.3 Å². The number of ketones is 1. The Bertz CT molecular complexity index is 1240. The number of esters is 1. The van der Waals surface area contributed by atoms with Gasteiger partial charge in [-0.15, -0.1) is 0 Å². The van der Waals surface area contributed by atoms with Crippen LogP contribution < -0.4 is 10.2 Å². The van der Waals surface area contributed by atoms with Crippen molar-refractivity contribution in [3.8, 4) is 0 Å². The Morgan fingerprint density at radius 1 is 0.943 bits per heavy atom. The van der Waals surface area contributed by atoms with Crippen LogP contribution in [0.1, 0.15) is 32.7 Å². The molecule has 178 valence electrons. The summed E-state index contributed by atoms with van der Waals surface area (Å²) >= 11 is 6.00. The molecule has 0 aromatic heterocycles. The first-order valence-corrected chi connectivity index (χ1v) is 11.5. The quantitative estimate of drug-likeness (QED) is 0.278. The molecule has 1 fully saturated rings. The highest BCUT2D eigenvalue weighted by molar-refractivity contribution is 6.34. The third-order valence-corrected chi connectivity index (χ3v) is 5.99. The molecule has 3 aromatic carbocycles. The molecule has 2 amide bonds. The molecule has 0 bridgehead atoms. The van der Waals surface area contributed by atoms with Crippen molar-refractivity contribution in [1.29, 1.82) is 0 Å². The molecule has 0 radical (unpaired) electrons. The van der Waals surface area contributed by atoms with Crippen LogP contribution in [-0.4, -0.2) is 42.8 Å². The van der Waals surface area contributed by atoms with Crippen molar-refractivity contribution >= 4 is 40.9 Å². The van der Waals surface area contributed by atoms with Gasteiger partial charge >= 0.3 is 5.97 Å². The smallest absolute Gasteiger partial charge is 0.338 e. The molecule has 1 N–H and O–H groups in total. The van der Waals surface area contributed by atoms with Crippen molar-refractivity contribution in [1.82, 2.24) is 5.32 Å². The molecule has 0 spiro atoms. The van der Waals surface area contributed by atoms with Crippen LogP contribution in [0.2, 0.25) is 5.02 Å². The van der Waals surface area contributed by atoms with Gasteiger partial charge < -0.3 is 10.1 Å². The Morgan fingerprint density at radius 3 is 2.34 bits per heavy atom. The normalized spacial score (nSPS) is 15.3. The summed E-state index contributed by atoms with van der Waals surface area (Å²) in [5.41, 5.74) is 1.98. The van der Waals surface area contributed by atoms with E-state index in [0.29, 0.717) is 12.2 Å². The number of nitrogens with zero attached hydrogens (tertiary/aromatic N) is 1. The molecule has 1 aliphatic rings. The van der Waals surface area contributed by atoms with Crippen LogP contribution in [-0.2, 0) is 20.7 Å². The number of rotatable bonds is 9. The Balaban J connectivity index is 1.32. The number of hydrogen-bond donors (Lipinski definition) is 1. The van der Waals surface area contributed by atoms with Gasteiger partial charge in [0.2, 0.25) is 11.7 Å². The van der Waals surface area contributed by atoms with E-state index in [1.165, 1.54) is 24.3 Å². The van der Waals surface area contributed by atoms with E-state index in [2.05, 4.69) is 5.32 Å². The second kappa shape index (κ2) is 11.1. The van der Waals surface area contributed by atoms with Crippen molar-refractivity contribution in [2.45, 2.75) is 18.9 Å². The molecule has 0 saturated carbocycles. The van der Waals surface area contributed by atoms with Gasteiger partial charge in [0.25, 0.3) is 5.91 Å². The first kappa shape index (κ1) is 24.3. The molecule has 3 aromatic rings. The van der Waals surface area contributed by atoms with Crippen LogP contribution in [0.25, 0.3) is 0 Å². The number of anilines is 1. The first-order chi connectivity index (χ1) is 16.9. The number of hydrogen-bond acceptors (Lipinski definition) is 6. The van der Waals surface area contributed by atoms with Crippen molar-refractivity contribution < 1.29 is 23.9 Å². The van der Waals surface area contributed by atoms with E-state index in [-0.39, 0.29) is 34.4 Å². The average Bonchev–Trinajstić information content (AvgIpc) is 3.16. The van der Waals surface area contributed by atoms with E-state index >= 15 is 0 Å². The zero-order valence-corrected chi connectivity index (χ0v) is 19.5. The minimum atomic E-state index is -0.698. The molecule has 0 aliphatic carbocycles. The van der Waals surface area contributed by atoms with Crippen LogP contribution in [0.4, 0.5) is 5.69 Å². The Labute approximate surface area is 207 Å². The average molecular weight is 491 g/mol. The summed E-state index contributed by atoms with van der Waals surface area (Å²) in [6.07, 6.45) is 0.816. The number of carbonyl (C=O) groups is 4. The molecule has 1 saturated heterocycles. The molecule has 7 nitrogen and oxygen atoms in total. The summed E-state index contributed by atoms with van der Waals surface area (Å²) in [6, 6.07) is 21.7. The molecule has 8 heteroatoms. The van der Waals surface area contributed by atoms with E-state index < -0.39 is 24.4 Å². The highest BCUT2D eigenvalue weighted by Gasteiger charge is 2.39. The first-order valence-electron chi connectivity index (χ1n) is 11.1. The molecule has 1 aliphatic heterocycles. The van der Waals surface area contributed by atoms with Gasteiger partial charge in [-0.25, -0.2) is 9.69 Å². The van der Waals surface area contributed by atoms with Gasteiger partial charge in [-0.1, -0.05) is 54.1 Å². The zero-order valence-electron chi connectivity index (χ0n) is 18.8. The van der Waals surface area contributed by atoms with Gasteiger partial charge in [-0.2, -0.15) is 0 Å². The second-order valence-corrected chi connectivity index (χ2v) is 8.45. The number of nitrogens with one attached hydrogen (secondary N) is 1. The third kappa shape index (κ3) is 5.82. The van der Waals surface area contributed by atoms with Crippen molar-refractivity contribution in [2.24, 2.45) is 0 Å². The highest BCUT2D eigenvalue weighted by Crippen LogP contribution is 2.24. The topological polar surface area (TPSA) is 92.8 Å². The molecule has 1 heterocycles. The van der Waals surface area contributed by atoms with Crippen LogP contribution in [0.15, 0.2) is 78.9 Å². The van der Waals surface area contributed by atoms with E-state index in [0.717, 1.165) is 16.9 Å². The molecule has 4 rings (SSSR count). The molecule has 35 heavy (non-hydrogen) atoms. The van der Waals surface area contributed by atoms with Gasteiger partial charge in [0, 0.05) is 5.56 Å². The fourth-order valence-corrected chi connectivity index (χ4v) is 4.07. The van der Waals surface area contributed by atoms with Gasteiger partial charge in [-0.3, -0.25) is 14.4 Å². The van der Waals surface area contributed by atoms with Crippen LogP contribution >= 0.6 is 11.6 Å². The summed E-state index contributed by atoms with van der Waals surface area (Å²) in [7, 11) is 0. The summed E-state index contributed by atoms with van der Waals surface area (Å²) in [5.74, 6) is -1.76. The second-order valence-electron chi connectivity index (χ2n) is 8.04. The van der Waals surface area contributed by atoms with Crippen molar-refractivity contribution in [3.05, 3.63) is 101 Å². The molecular weight excluding hydrogens is 468 g/mol. The summed E-state index contributed by atoms with van der Waals surface area (Å²) in [5, 5.41) is 3.44. The number of ether oxygens (including phenoxy) is 1.